The zero-order chi connectivity index (χ0) is 13.0. The van der Waals surface area contributed by atoms with Crippen molar-refractivity contribution in [3.63, 3.8) is 0 Å². The van der Waals surface area contributed by atoms with Crippen molar-refractivity contribution in [1.29, 1.82) is 0 Å². The van der Waals surface area contributed by atoms with E-state index in [1.54, 1.807) is 0 Å². The summed E-state index contributed by atoms with van der Waals surface area (Å²) >= 11 is 0. The predicted octanol–water partition coefficient (Wildman–Crippen LogP) is 2.72. The molecule has 0 spiro atoms. The van der Waals surface area contributed by atoms with Crippen molar-refractivity contribution in [3.8, 4) is 0 Å². The van der Waals surface area contributed by atoms with Gasteiger partial charge in [-0.3, -0.25) is 0 Å². The molecule has 0 aliphatic carbocycles. The van der Waals surface area contributed by atoms with Gasteiger partial charge in [0.05, 0.1) is 19.2 Å². The van der Waals surface area contributed by atoms with E-state index in [-0.39, 0.29) is 5.97 Å². The molecule has 0 saturated carbocycles. The molecule has 0 radical (unpaired) electrons. The Morgan fingerprint density at radius 1 is 1.39 bits per heavy atom. The third kappa shape index (κ3) is 2.71. The molecule has 4 nitrogen and oxygen atoms in total. The lowest BCUT2D eigenvalue weighted by atomic mass is 10.1. The summed E-state index contributed by atoms with van der Waals surface area (Å²) in [5.41, 5.74) is 3.43. The number of aromatic nitrogens is 1. The van der Waals surface area contributed by atoms with Gasteiger partial charge in [0.15, 0.2) is 0 Å². The predicted molar refractivity (Wildman–Crippen MR) is 70.6 cm³/mol. The smallest absolute Gasteiger partial charge is 0.339 e. The van der Waals surface area contributed by atoms with Gasteiger partial charge in [0.2, 0.25) is 0 Å². The zero-order valence-corrected chi connectivity index (χ0v) is 10.5. The number of hydrogen-bond acceptors (Lipinski definition) is 3. The quantitative estimate of drug-likeness (QED) is 0.813. The Hall–Kier alpha value is -2.23. The lowest BCUT2D eigenvalue weighted by Gasteiger charge is -2.11. The molecule has 0 fully saturated rings. The Morgan fingerprint density at radius 2 is 2.22 bits per heavy atom. The summed E-state index contributed by atoms with van der Waals surface area (Å²) < 4.78 is 4.78. The second-order valence-corrected chi connectivity index (χ2v) is 4.09. The minimum Gasteiger partial charge on any atom is -0.465 e. The number of ether oxygens (including phenoxy) is 1. The molecule has 4 heteroatoms. The fraction of sp³-hybridized carbons (Fsp3) is 0.214. The number of nitrogens with one attached hydrogen (secondary N) is 2. The first-order chi connectivity index (χ1) is 8.70. The number of H-pyrrole nitrogens is 1. The van der Waals surface area contributed by atoms with Gasteiger partial charge in [-0.2, -0.15) is 0 Å². The maximum Gasteiger partial charge on any atom is 0.339 e. The molecule has 2 rings (SSSR count). The minimum atomic E-state index is -0.326. The lowest BCUT2D eigenvalue weighted by molar-refractivity contribution is 0.0601. The van der Waals surface area contributed by atoms with Gasteiger partial charge in [-0.1, -0.05) is 11.6 Å². The van der Waals surface area contributed by atoms with Crippen LogP contribution in [0.15, 0.2) is 36.5 Å². The Kier molecular flexibility index (Phi) is 3.67. The largest absolute Gasteiger partial charge is 0.465 e. The van der Waals surface area contributed by atoms with Crippen LogP contribution in [0.5, 0.6) is 0 Å². The van der Waals surface area contributed by atoms with E-state index in [0.29, 0.717) is 12.1 Å². The summed E-state index contributed by atoms with van der Waals surface area (Å²) in [5.74, 6) is -0.326. The zero-order valence-electron chi connectivity index (χ0n) is 10.5. The van der Waals surface area contributed by atoms with Crippen molar-refractivity contribution in [2.45, 2.75) is 13.5 Å². The Bertz CT molecular complexity index is 533. The fourth-order valence-electron chi connectivity index (χ4n) is 1.76. The van der Waals surface area contributed by atoms with E-state index in [9.17, 15) is 4.79 Å². The van der Waals surface area contributed by atoms with Crippen LogP contribution in [0.25, 0.3) is 0 Å². The number of methoxy groups -OCH3 is 1. The summed E-state index contributed by atoms with van der Waals surface area (Å²) in [6.45, 7) is 2.58. The molecule has 0 unspecified atom stereocenters. The van der Waals surface area contributed by atoms with Crippen molar-refractivity contribution in [3.05, 3.63) is 53.3 Å². The summed E-state index contributed by atoms with van der Waals surface area (Å²) in [4.78, 5) is 14.8. The van der Waals surface area contributed by atoms with E-state index in [4.69, 9.17) is 4.74 Å². The van der Waals surface area contributed by atoms with Crippen molar-refractivity contribution in [2.24, 2.45) is 0 Å². The summed E-state index contributed by atoms with van der Waals surface area (Å²) in [7, 11) is 1.39. The van der Waals surface area contributed by atoms with Gasteiger partial charge in [-0.25, -0.2) is 4.79 Å². The molecule has 0 bridgehead atoms. The molecular formula is C14H16N2O2. The number of esters is 1. The summed E-state index contributed by atoms with van der Waals surface area (Å²) in [5, 5.41) is 3.23. The van der Waals surface area contributed by atoms with Crippen molar-refractivity contribution >= 4 is 11.7 Å². The highest BCUT2D eigenvalue weighted by Gasteiger charge is 2.11. The number of carbonyl (C=O) groups is 1. The number of aryl methyl sites for hydroxylation is 1. The highest BCUT2D eigenvalue weighted by molar-refractivity contribution is 5.95. The van der Waals surface area contributed by atoms with Gasteiger partial charge in [0.1, 0.15) is 0 Å². The third-order valence-corrected chi connectivity index (χ3v) is 2.71. The van der Waals surface area contributed by atoms with Crippen LogP contribution in [-0.2, 0) is 11.3 Å². The van der Waals surface area contributed by atoms with Crippen molar-refractivity contribution in [2.75, 3.05) is 12.4 Å². The Morgan fingerprint density at radius 3 is 2.89 bits per heavy atom. The van der Waals surface area contributed by atoms with Crippen LogP contribution >= 0.6 is 0 Å². The van der Waals surface area contributed by atoms with Crippen molar-refractivity contribution in [1.82, 2.24) is 4.98 Å². The lowest BCUT2D eigenvalue weighted by Crippen LogP contribution is -2.08. The number of benzene rings is 1. The van der Waals surface area contributed by atoms with E-state index in [1.165, 1.54) is 7.11 Å². The molecule has 0 amide bonds. The average Bonchev–Trinajstić information content (AvgIpc) is 2.89. The first-order valence-corrected chi connectivity index (χ1v) is 5.76. The second kappa shape index (κ2) is 5.40. The molecule has 0 aliphatic rings. The number of aromatic amines is 1. The molecule has 2 aromatic rings. The first-order valence-electron chi connectivity index (χ1n) is 5.76. The Labute approximate surface area is 106 Å². The first kappa shape index (κ1) is 12.2. The standard InChI is InChI=1S/C14H16N2O2/c1-10-5-6-13(12(8-10)14(17)18-2)16-9-11-4-3-7-15-11/h3-8,15-16H,9H2,1-2H3. The molecule has 2 N–H and O–H groups in total. The number of hydrogen-bond donors (Lipinski definition) is 2. The van der Waals surface area contributed by atoms with Crippen LogP contribution < -0.4 is 5.32 Å². The van der Waals surface area contributed by atoms with Gasteiger partial charge >= 0.3 is 5.97 Å². The normalized spacial score (nSPS) is 10.1. The molecule has 1 heterocycles. The van der Waals surface area contributed by atoms with Gasteiger partial charge in [0.25, 0.3) is 0 Å². The molecular weight excluding hydrogens is 228 g/mol. The molecule has 0 aliphatic heterocycles. The molecule has 94 valence electrons. The van der Waals surface area contributed by atoms with Crippen LogP contribution in [-0.4, -0.2) is 18.1 Å². The van der Waals surface area contributed by atoms with Crippen LogP contribution in [0.3, 0.4) is 0 Å². The Balaban J connectivity index is 2.18. The van der Waals surface area contributed by atoms with Crippen LogP contribution in [0.1, 0.15) is 21.6 Å². The van der Waals surface area contributed by atoms with Gasteiger partial charge in [0, 0.05) is 17.6 Å². The maximum absolute atomic E-state index is 11.7. The van der Waals surface area contributed by atoms with Gasteiger partial charge in [-0.15, -0.1) is 0 Å². The topological polar surface area (TPSA) is 54.1 Å². The third-order valence-electron chi connectivity index (χ3n) is 2.71. The number of anilines is 1. The number of carbonyl (C=O) groups excluding carboxylic acids is 1. The van der Waals surface area contributed by atoms with Crippen LogP contribution in [0.2, 0.25) is 0 Å². The monoisotopic (exact) mass is 244 g/mol. The molecule has 1 aromatic heterocycles. The van der Waals surface area contributed by atoms with E-state index in [1.807, 2.05) is 43.5 Å². The molecule has 18 heavy (non-hydrogen) atoms. The molecule has 1 aromatic carbocycles. The summed E-state index contributed by atoms with van der Waals surface area (Å²) in [6, 6.07) is 9.60. The minimum absolute atomic E-state index is 0.326. The van der Waals surface area contributed by atoms with E-state index < -0.39 is 0 Å². The van der Waals surface area contributed by atoms with Crippen molar-refractivity contribution < 1.29 is 9.53 Å². The second-order valence-electron chi connectivity index (χ2n) is 4.09. The van der Waals surface area contributed by atoms with E-state index >= 15 is 0 Å². The molecule has 0 saturated heterocycles. The molecule has 0 atom stereocenters. The fourth-order valence-corrected chi connectivity index (χ4v) is 1.76. The van der Waals surface area contributed by atoms with Crippen LogP contribution in [0, 0.1) is 6.92 Å². The van der Waals surface area contributed by atoms with Gasteiger partial charge in [-0.05, 0) is 31.2 Å². The SMILES string of the molecule is COC(=O)c1cc(C)ccc1NCc1ccc[nH]1. The van der Waals surface area contributed by atoms with Crippen LogP contribution in [0.4, 0.5) is 5.69 Å². The maximum atomic E-state index is 11.7. The number of rotatable bonds is 4. The van der Waals surface area contributed by atoms with Gasteiger partial charge < -0.3 is 15.0 Å². The average molecular weight is 244 g/mol. The van der Waals surface area contributed by atoms with E-state index in [0.717, 1.165) is 16.9 Å². The highest BCUT2D eigenvalue weighted by atomic mass is 16.5. The van der Waals surface area contributed by atoms with E-state index in [2.05, 4.69) is 10.3 Å². The highest BCUT2D eigenvalue weighted by Crippen LogP contribution is 2.19. The summed E-state index contributed by atoms with van der Waals surface area (Å²) in [6.07, 6.45) is 1.87.